The van der Waals surface area contributed by atoms with Crippen molar-refractivity contribution in [2.24, 2.45) is 5.92 Å². The van der Waals surface area contributed by atoms with Gasteiger partial charge in [-0.3, -0.25) is 4.98 Å². The Morgan fingerprint density at radius 3 is 2.59 bits per heavy atom. The molecule has 3 N–H and O–H groups in total. The number of hydrogen-bond donors (Lipinski definition) is 3. The number of rotatable bonds is 10. The van der Waals surface area contributed by atoms with E-state index < -0.39 is 18.4 Å². The van der Waals surface area contributed by atoms with E-state index in [-0.39, 0.29) is 18.6 Å². The van der Waals surface area contributed by atoms with Gasteiger partial charge in [-0.05, 0) is 65.4 Å². The van der Waals surface area contributed by atoms with Gasteiger partial charge in [-0.25, -0.2) is 9.97 Å². The molecular weight excluding hydrogens is 505 g/mol. The molecule has 0 aliphatic heterocycles. The van der Waals surface area contributed by atoms with Crippen LogP contribution >= 0.6 is 11.3 Å². The van der Waals surface area contributed by atoms with Crippen molar-refractivity contribution in [3.63, 3.8) is 0 Å². The highest BCUT2D eigenvalue weighted by molar-refractivity contribution is 7.21. The first kappa shape index (κ1) is 27.5. The lowest BCUT2D eigenvalue weighted by Gasteiger charge is -2.25. The average Bonchev–Trinajstić information content (AvgIpc) is 3.43. The molecule has 37 heavy (non-hydrogen) atoms. The molecule has 1 aliphatic rings. The number of hydrogen-bond acceptors (Lipinski definition) is 9. The first-order chi connectivity index (χ1) is 17.4. The molecule has 0 spiro atoms. The Hall–Kier alpha value is -2.57. The van der Waals surface area contributed by atoms with E-state index >= 15 is 0 Å². The summed E-state index contributed by atoms with van der Waals surface area (Å²) >= 11 is 1.55. The monoisotopic (exact) mass is 538 g/mol. The Labute approximate surface area is 218 Å². The zero-order chi connectivity index (χ0) is 26.8. The van der Waals surface area contributed by atoms with Crippen LogP contribution in [0, 0.1) is 19.8 Å². The summed E-state index contributed by atoms with van der Waals surface area (Å²) in [6.07, 6.45) is 0.443. The maximum atomic E-state index is 12.3. The molecule has 3 heterocycles. The standard InChI is InChI=1S/C25H33F3N6O2S/c1-14-19(22-33-20-15(2)29-10-8-18(20)37-22)21(32-17-7-6-16(12-17)24(3,4)35)34-23(31-14)30-9-5-11-36-13-25(26,27)28/h8,10,16-17,35H,5-7,9,11-13H2,1-4H3,(H2,30,31,32,34)/t16-,17+/m1/s1. The number of aromatic nitrogens is 4. The van der Waals surface area contributed by atoms with E-state index in [0.29, 0.717) is 24.7 Å². The fourth-order valence-corrected chi connectivity index (χ4v) is 5.72. The largest absolute Gasteiger partial charge is 0.411 e. The highest BCUT2D eigenvalue weighted by Gasteiger charge is 2.35. The summed E-state index contributed by atoms with van der Waals surface area (Å²) in [5, 5.41) is 18.0. The number of nitrogens with one attached hydrogen (secondary N) is 2. The SMILES string of the molecule is Cc1nc(NCCCOCC(F)(F)F)nc(N[C@H]2CC[C@@H](C(C)(C)O)C2)c1-c1nc2c(C)nccc2s1. The van der Waals surface area contributed by atoms with Gasteiger partial charge in [-0.2, -0.15) is 18.2 Å². The molecule has 3 aromatic heterocycles. The molecule has 0 aromatic carbocycles. The highest BCUT2D eigenvalue weighted by Crippen LogP contribution is 2.40. The second-order valence-corrected chi connectivity index (χ2v) is 11.1. The molecule has 0 radical (unpaired) electrons. The van der Waals surface area contributed by atoms with Crippen molar-refractivity contribution in [2.45, 2.75) is 71.2 Å². The van der Waals surface area contributed by atoms with Gasteiger partial charge in [-0.1, -0.05) is 0 Å². The first-order valence-corrected chi connectivity index (χ1v) is 13.2. The molecule has 2 atom stereocenters. The molecule has 0 saturated heterocycles. The molecule has 1 saturated carbocycles. The van der Waals surface area contributed by atoms with Crippen LogP contribution in [0.3, 0.4) is 0 Å². The topological polar surface area (TPSA) is 105 Å². The molecule has 8 nitrogen and oxygen atoms in total. The van der Waals surface area contributed by atoms with Gasteiger partial charge in [0.25, 0.3) is 0 Å². The van der Waals surface area contributed by atoms with Crippen LogP contribution in [-0.4, -0.2) is 62.6 Å². The Bertz CT molecular complexity index is 1230. The summed E-state index contributed by atoms with van der Waals surface area (Å²) < 4.78 is 42.5. The third kappa shape index (κ3) is 7.05. The Kier molecular flexibility index (Phi) is 8.20. The fraction of sp³-hybridized carbons (Fsp3) is 0.600. The lowest BCUT2D eigenvalue weighted by atomic mass is 9.89. The van der Waals surface area contributed by atoms with Crippen molar-refractivity contribution in [3.8, 4) is 10.6 Å². The van der Waals surface area contributed by atoms with E-state index in [4.69, 9.17) is 9.97 Å². The fourth-order valence-electron chi connectivity index (χ4n) is 4.61. The Morgan fingerprint density at radius 2 is 1.92 bits per heavy atom. The predicted octanol–water partition coefficient (Wildman–Crippen LogP) is 5.50. The Balaban J connectivity index is 1.56. The summed E-state index contributed by atoms with van der Waals surface area (Å²) in [5.41, 5.74) is 2.49. The van der Waals surface area contributed by atoms with Gasteiger partial charge in [0, 0.05) is 25.4 Å². The van der Waals surface area contributed by atoms with Crippen LogP contribution in [-0.2, 0) is 4.74 Å². The number of pyridine rings is 1. The van der Waals surface area contributed by atoms with Crippen molar-refractivity contribution >= 4 is 33.3 Å². The summed E-state index contributed by atoms with van der Waals surface area (Å²) in [7, 11) is 0. The number of nitrogens with zero attached hydrogens (tertiary/aromatic N) is 4. The zero-order valence-electron chi connectivity index (χ0n) is 21.4. The van der Waals surface area contributed by atoms with Crippen LogP contribution in [0.5, 0.6) is 0 Å². The second-order valence-electron chi connectivity index (χ2n) is 10.1. The van der Waals surface area contributed by atoms with E-state index in [2.05, 4.69) is 25.3 Å². The van der Waals surface area contributed by atoms with Crippen molar-refractivity contribution in [1.29, 1.82) is 0 Å². The third-order valence-electron chi connectivity index (χ3n) is 6.58. The van der Waals surface area contributed by atoms with E-state index in [1.807, 2.05) is 33.8 Å². The summed E-state index contributed by atoms with van der Waals surface area (Å²) in [5.74, 6) is 1.21. The third-order valence-corrected chi connectivity index (χ3v) is 7.62. The van der Waals surface area contributed by atoms with Crippen LogP contribution < -0.4 is 10.6 Å². The van der Waals surface area contributed by atoms with Crippen LogP contribution in [0.1, 0.15) is 50.9 Å². The molecule has 12 heteroatoms. The van der Waals surface area contributed by atoms with Crippen LogP contribution in [0.15, 0.2) is 12.3 Å². The molecule has 0 bridgehead atoms. The molecule has 202 valence electrons. The normalized spacial score (nSPS) is 18.5. The predicted molar refractivity (Wildman–Crippen MR) is 139 cm³/mol. The lowest BCUT2D eigenvalue weighted by molar-refractivity contribution is -0.173. The average molecular weight is 539 g/mol. The molecule has 0 unspecified atom stereocenters. The first-order valence-electron chi connectivity index (χ1n) is 12.4. The molecule has 1 aliphatic carbocycles. The highest BCUT2D eigenvalue weighted by atomic mass is 32.1. The van der Waals surface area contributed by atoms with Crippen LogP contribution in [0.25, 0.3) is 20.8 Å². The Morgan fingerprint density at radius 1 is 1.14 bits per heavy atom. The van der Waals surface area contributed by atoms with Gasteiger partial charge in [0.2, 0.25) is 5.95 Å². The second kappa shape index (κ2) is 11.0. The maximum absolute atomic E-state index is 12.3. The van der Waals surface area contributed by atoms with Crippen molar-refractivity contribution in [1.82, 2.24) is 19.9 Å². The molecule has 1 fully saturated rings. The van der Waals surface area contributed by atoms with Crippen LogP contribution in [0.4, 0.5) is 24.9 Å². The van der Waals surface area contributed by atoms with E-state index in [9.17, 15) is 18.3 Å². The van der Waals surface area contributed by atoms with Crippen molar-refractivity contribution < 1.29 is 23.0 Å². The summed E-state index contributed by atoms with van der Waals surface area (Å²) in [4.78, 5) is 18.6. The summed E-state index contributed by atoms with van der Waals surface area (Å²) in [6.45, 7) is 6.60. The smallest absolute Gasteiger partial charge is 0.390 e. The van der Waals surface area contributed by atoms with E-state index in [1.54, 1.807) is 17.5 Å². The summed E-state index contributed by atoms with van der Waals surface area (Å²) in [6, 6.07) is 2.07. The van der Waals surface area contributed by atoms with Gasteiger partial charge >= 0.3 is 6.18 Å². The minimum Gasteiger partial charge on any atom is -0.390 e. The van der Waals surface area contributed by atoms with E-state index in [0.717, 1.165) is 51.4 Å². The minimum atomic E-state index is -4.33. The number of halogens is 3. The molecule has 3 aromatic rings. The number of aryl methyl sites for hydroxylation is 2. The van der Waals surface area contributed by atoms with Crippen LogP contribution in [0.2, 0.25) is 0 Å². The van der Waals surface area contributed by atoms with Gasteiger partial charge in [-0.15, -0.1) is 11.3 Å². The van der Waals surface area contributed by atoms with Crippen molar-refractivity contribution in [3.05, 3.63) is 23.7 Å². The molecular formula is C25H33F3N6O2S. The minimum absolute atomic E-state index is 0.0197. The lowest BCUT2D eigenvalue weighted by Crippen LogP contribution is -2.30. The van der Waals surface area contributed by atoms with Gasteiger partial charge in [0.15, 0.2) is 0 Å². The number of alkyl halides is 3. The number of fused-ring (bicyclic) bond motifs is 1. The van der Waals surface area contributed by atoms with E-state index in [1.165, 1.54) is 0 Å². The van der Waals surface area contributed by atoms with Gasteiger partial charge in [0.05, 0.1) is 27.3 Å². The quantitative estimate of drug-likeness (QED) is 0.291. The van der Waals surface area contributed by atoms with Crippen molar-refractivity contribution in [2.75, 3.05) is 30.4 Å². The maximum Gasteiger partial charge on any atom is 0.411 e. The zero-order valence-corrected chi connectivity index (χ0v) is 22.3. The van der Waals surface area contributed by atoms with Gasteiger partial charge in [0.1, 0.15) is 22.9 Å². The number of aliphatic hydroxyl groups is 1. The molecule has 0 amide bonds. The molecule has 4 rings (SSSR count). The van der Waals surface area contributed by atoms with Gasteiger partial charge < -0.3 is 20.5 Å². The number of thiazole rings is 1. The number of ether oxygens (including phenoxy) is 1. The number of anilines is 2.